The average Bonchev–Trinajstić information content (AvgIpc) is 2.42. The lowest BCUT2D eigenvalue weighted by Crippen LogP contribution is -2.13. The Morgan fingerprint density at radius 3 is 2.70 bits per heavy atom. The molecule has 1 amide bonds. The molecule has 0 spiro atoms. The molecule has 0 saturated carbocycles. The van der Waals surface area contributed by atoms with Crippen LogP contribution in [0.25, 0.3) is 0 Å². The number of nitrogens with two attached hydrogens (primary N) is 1. The molecule has 3 N–H and O–H groups in total. The minimum atomic E-state index is -0.595. The molecule has 0 saturated heterocycles. The maximum Gasteiger partial charge on any atom is 0.255 e. The van der Waals surface area contributed by atoms with Crippen LogP contribution in [0.5, 0.6) is 0 Å². The van der Waals surface area contributed by atoms with Gasteiger partial charge in [-0.25, -0.2) is 4.39 Å². The first-order chi connectivity index (χ1) is 9.51. The number of rotatable bonds is 2. The molecule has 0 aliphatic heterocycles. The van der Waals surface area contributed by atoms with Crippen molar-refractivity contribution in [3.63, 3.8) is 0 Å². The van der Waals surface area contributed by atoms with Gasteiger partial charge in [-0.3, -0.25) is 4.79 Å². The van der Waals surface area contributed by atoms with Gasteiger partial charge < -0.3 is 11.1 Å². The second-order valence-electron chi connectivity index (χ2n) is 3.99. The van der Waals surface area contributed by atoms with Crippen molar-refractivity contribution < 1.29 is 9.18 Å². The van der Waals surface area contributed by atoms with E-state index >= 15 is 0 Å². The van der Waals surface area contributed by atoms with E-state index in [9.17, 15) is 9.18 Å². The number of anilines is 2. The fourth-order valence-electron chi connectivity index (χ4n) is 1.60. The maximum atomic E-state index is 13.0. The zero-order valence-corrected chi connectivity index (χ0v) is 10.9. The summed E-state index contributed by atoms with van der Waals surface area (Å²) in [6.07, 6.45) is 0. The van der Waals surface area contributed by atoms with Crippen molar-refractivity contribution in [1.29, 1.82) is 5.26 Å². The number of carbonyl (C=O) groups excluding carboxylic acids is 1. The van der Waals surface area contributed by atoms with Crippen LogP contribution in [0, 0.1) is 17.1 Å². The first-order valence-electron chi connectivity index (χ1n) is 5.57. The fraction of sp³-hybridized carbons (Fsp3) is 0. The number of nitrogen functional groups attached to an aromatic ring is 1. The third-order valence-corrected chi connectivity index (χ3v) is 2.84. The van der Waals surface area contributed by atoms with Gasteiger partial charge >= 0.3 is 0 Å². The molecule has 0 aromatic heterocycles. The Labute approximate surface area is 119 Å². The Kier molecular flexibility index (Phi) is 3.87. The van der Waals surface area contributed by atoms with Gasteiger partial charge in [0.25, 0.3) is 5.91 Å². The molecular formula is C14H9ClFN3O. The molecule has 0 bridgehead atoms. The second-order valence-corrected chi connectivity index (χ2v) is 4.43. The average molecular weight is 290 g/mol. The zero-order valence-electron chi connectivity index (χ0n) is 10.2. The molecule has 100 valence electrons. The van der Waals surface area contributed by atoms with E-state index in [1.807, 2.05) is 6.07 Å². The lowest BCUT2D eigenvalue weighted by atomic mass is 10.1. The Morgan fingerprint density at radius 1 is 1.30 bits per heavy atom. The van der Waals surface area contributed by atoms with Crippen molar-refractivity contribution in [2.75, 3.05) is 11.1 Å². The number of hydrogen-bond donors (Lipinski definition) is 2. The number of carbonyl (C=O) groups is 1. The molecule has 4 nitrogen and oxygen atoms in total. The molecule has 0 aliphatic rings. The molecule has 0 atom stereocenters. The Morgan fingerprint density at radius 2 is 2.05 bits per heavy atom. The summed E-state index contributed by atoms with van der Waals surface area (Å²) in [5.41, 5.74) is 6.03. The van der Waals surface area contributed by atoms with Crippen LogP contribution in [-0.4, -0.2) is 5.91 Å². The summed E-state index contributed by atoms with van der Waals surface area (Å²) in [5.74, 6) is -1.10. The molecule has 0 heterocycles. The van der Waals surface area contributed by atoms with Gasteiger partial charge in [-0.1, -0.05) is 11.6 Å². The van der Waals surface area contributed by atoms with Gasteiger partial charge in [-0.15, -0.1) is 0 Å². The summed E-state index contributed by atoms with van der Waals surface area (Å²) in [4.78, 5) is 12.0. The molecule has 2 aromatic carbocycles. The zero-order chi connectivity index (χ0) is 14.7. The molecule has 0 aliphatic carbocycles. The summed E-state index contributed by atoms with van der Waals surface area (Å²) < 4.78 is 13.0. The smallest absolute Gasteiger partial charge is 0.255 e. The van der Waals surface area contributed by atoms with Gasteiger partial charge in [-0.05, 0) is 36.4 Å². The van der Waals surface area contributed by atoms with Crippen molar-refractivity contribution in [2.24, 2.45) is 0 Å². The van der Waals surface area contributed by atoms with E-state index in [4.69, 9.17) is 22.6 Å². The molecule has 6 heteroatoms. The first-order valence-corrected chi connectivity index (χ1v) is 5.95. The van der Waals surface area contributed by atoms with Crippen LogP contribution in [0.2, 0.25) is 5.02 Å². The Hall–Kier alpha value is -2.58. The van der Waals surface area contributed by atoms with Crippen LogP contribution >= 0.6 is 11.6 Å². The highest BCUT2D eigenvalue weighted by molar-refractivity contribution is 6.31. The standard InChI is InChI=1S/C14H9ClFN3O/c15-10-3-1-9(7-17)13(6-10)19-14(20)8-2-4-11(16)12(18)5-8/h1-6H,18H2,(H,19,20). The Balaban J connectivity index is 2.30. The quantitative estimate of drug-likeness (QED) is 0.833. The van der Waals surface area contributed by atoms with E-state index in [0.29, 0.717) is 5.02 Å². The first kappa shape index (κ1) is 13.8. The highest BCUT2D eigenvalue weighted by Gasteiger charge is 2.11. The monoisotopic (exact) mass is 289 g/mol. The van der Waals surface area contributed by atoms with Gasteiger partial charge in [0.15, 0.2) is 0 Å². The summed E-state index contributed by atoms with van der Waals surface area (Å²) in [6.45, 7) is 0. The number of halogens is 2. The molecule has 2 aromatic rings. The maximum absolute atomic E-state index is 13.0. The number of nitrogens with zero attached hydrogens (tertiary/aromatic N) is 1. The molecule has 0 fully saturated rings. The van der Waals surface area contributed by atoms with Gasteiger partial charge in [0, 0.05) is 10.6 Å². The van der Waals surface area contributed by atoms with Gasteiger partial charge in [0.1, 0.15) is 11.9 Å². The highest BCUT2D eigenvalue weighted by atomic mass is 35.5. The van der Waals surface area contributed by atoms with E-state index in [1.54, 1.807) is 6.07 Å². The van der Waals surface area contributed by atoms with E-state index in [-0.39, 0.29) is 22.5 Å². The minimum absolute atomic E-state index is 0.121. The predicted octanol–water partition coefficient (Wildman–Crippen LogP) is 3.19. The SMILES string of the molecule is N#Cc1ccc(Cl)cc1NC(=O)c1ccc(F)c(N)c1. The normalized spacial score (nSPS) is 9.85. The lowest BCUT2D eigenvalue weighted by Gasteiger charge is -2.08. The number of benzene rings is 2. The van der Waals surface area contributed by atoms with Crippen LogP contribution in [-0.2, 0) is 0 Å². The summed E-state index contributed by atoms with van der Waals surface area (Å²) in [6, 6.07) is 10.1. The highest BCUT2D eigenvalue weighted by Crippen LogP contribution is 2.21. The largest absolute Gasteiger partial charge is 0.396 e. The van der Waals surface area contributed by atoms with Crippen LogP contribution < -0.4 is 11.1 Å². The molecular weight excluding hydrogens is 281 g/mol. The summed E-state index contributed by atoms with van der Waals surface area (Å²) >= 11 is 5.82. The third-order valence-electron chi connectivity index (χ3n) is 2.61. The van der Waals surface area contributed by atoms with Gasteiger partial charge in [0.05, 0.1) is 16.9 Å². The van der Waals surface area contributed by atoms with Gasteiger partial charge in [0.2, 0.25) is 0 Å². The number of hydrogen-bond acceptors (Lipinski definition) is 3. The third kappa shape index (κ3) is 2.87. The van der Waals surface area contributed by atoms with Crippen molar-refractivity contribution in [1.82, 2.24) is 0 Å². The molecule has 20 heavy (non-hydrogen) atoms. The van der Waals surface area contributed by atoms with E-state index in [1.165, 1.54) is 24.3 Å². The summed E-state index contributed by atoms with van der Waals surface area (Å²) in [5, 5.41) is 11.9. The number of nitrogens with one attached hydrogen (secondary N) is 1. The Bertz CT molecular complexity index is 725. The van der Waals surface area contributed by atoms with Crippen LogP contribution in [0.3, 0.4) is 0 Å². The lowest BCUT2D eigenvalue weighted by molar-refractivity contribution is 0.102. The fourth-order valence-corrected chi connectivity index (χ4v) is 1.77. The topological polar surface area (TPSA) is 78.9 Å². The van der Waals surface area contributed by atoms with Crippen LogP contribution in [0.1, 0.15) is 15.9 Å². The minimum Gasteiger partial charge on any atom is -0.396 e. The van der Waals surface area contributed by atoms with Crippen molar-refractivity contribution in [3.05, 3.63) is 58.4 Å². The van der Waals surface area contributed by atoms with Gasteiger partial charge in [-0.2, -0.15) is 5.26 Å². The molecule has 0 unspecified atom stereocenters. The number of nitriles is 1. The summed E-state index contributed by atoms with van der Waals surface area (Å²) in [7, 11) is 0. The van der Waals surface area contributed by atoms with Crippen molar-refractivity contribution in [2.45, 2.75) is 0 Å². The van der Waals surface area contributed by atoms with Crippen LogP contribution in [0.15, 0.2) is 36.4 Å². The van der Waals surface area contributed by atoms with E-state index in [2.05, 4.69) is 5.32 Å². The van der Waals surface area contributed by atoms with Crippen molar-refractivity contribution >= 4 is 28.9 Å². The molecule has 0 radical (unpaired) electrons. The van der Waals surface area contributed by atoms with Crippen molar-refractivity contribution in [3.8, 4) is 6.07 Å². The predicted molar refractivity (Wildman–Crippen MR) is 74.9 cm³/mol. The van der Waals surface area contributed by atoms with Crippen LogP contribution in [0.4, 0.5) is 15.8 Å². The second kappa shape index (κ2) is 5.59. The van der Waals surface area contributed by atoms with E-state index in [0.717, 1.165) is 6.07 Å². The number of amides is 1. The van der Waals surface area contributed by atoms with E-state index < -0.39 is 11.7 Å². The molecule has 2 rings (SSSR count).